The van der Waals surface area contributed by atoms with Crippen LogP contribution in [-0.4, -0.2) is 33.4 Å². The van der Waals surface area contributed by atoms with Crippen LogP contribution < -0.4 is 5.32 Å². The number of furan rings is 1. The number of carbonyl (C=O) groups excluding carboxylic acids is 3. The average Bonchev–Trinajstić information content (AvgIpc) is 3.34. The Morgan fingerprint density at radius 1 is 1.21 bits per heavy atom. The molecule has 2 aromatic carbocycles. The molecule has 1 aromatic heterocycles. The molecule has 172 valence electrons. The zero-order valence-electron chi connectivity index (χ0n) is 17.6. The van der Waals surface area contributed by atoms with Gasteiger partial charge in [-0.25, -0.2) is 0 Å². The number of nitro benzene ring substituents is 1. The number of nitrogens with one attached hydrogen (secondary N) is 1. The second-order valence-electron chi connectivity index (χ2n) is 7.31. The third-order valence-electron chi connectivity index (χ3n) is 4.80. The number of anilines is 1. The van der Waals surface area contributed by atoms with E-state index in [1.807, 2.05) is 13.0 Å². The van der Waals surface area contributed by atoms with E-state index in [4.69, 9.17) is 16.0 Å². The number of benzene rings is 2. The van der Waals surface area contributed by atoms with Gasteiger partial charge >= 0.3 is 0 Å². The first kappa shape index (κ1) is 23.3. The second-order valence-corrected chi connectivity index (χ2v) is 8.71. The molecule has 34 heavy (non-hydrogen) atoms. The largest absolute Gasteiger partial charge is 0.457 e. The van der Waals surface area contributed by atoms with Gasteiger partial charge in [0, 0.05) is 23.4 Å². The third-order valence-corrected chi connectivity index (χ3v) is 6.03. The molecule has 1 N–H and O–H groups in total. The van der Waals surface area contributed by atoms with Crippen molar-refractivity contribution in [1.82, 2.24) is 4.90 Å². The van der Waals surface area contributed by atoms with Crippen LogP contribution in [0.3, 0.4) is 0 Å². The standard InChI is InChI=1S/C23H16ClN3O6S/c1-13-3-2-4-15(9-13)25-21(28)12-26-22(29)20(34-23(26)30)11-16-6-8-19(33-16)14-5-7-17(24)18(10-14)27(31)32/h2-11H,12H2,1H3,(H,25,28)/b20-11+. The molecule has 11 heteroatoms. The summed E-state index contributed by atoms with van der Waals surface area (Å²) in [6.45, 7) is 1.46. The van der Waals surface area contributed by atoms with Gasteiger partial charge in [0.05, 0.1) is 9.83 Å². The average molecular weight is 498 g/mol. The van der Waals surface area contributed by atoms with Crippen LogP contribution in [0.15, 0.2) is 63.9 Å². The lowest BCUT2D eigenvalue weighted by Crippen LogP contribution is -2.36. The summed E-state index contributed by atoms with van der Waals surface area (Å²) in [7, 11) is 0. The number of nitro groups is 1. The number of hydrogen-bond donors (Lipinski definition) is 1. The van der Waals surface area contributed by atoms with Gasteiger partial charge in [-0.1, -0.05) is 23.7 Å². The number of aryl methyl sites for hydroxylation is 1. The molecule has 0 bridgehead atoms. The lowest BCUT2D eigenvalue weighted by atomic mass is 10.1. The number of amides is 3. The van der Waals surface area contributed by atoms with Gasteiger partial charge in [-0.2, -0.15) is 0 Å². The fourth-order valence-corrected chi connectivity index (χ4v) is 4.23. The van der Waals surface area contributed by atoms with Crippen LogP contribution in [0, 0.1) is 17.0 Å². The Hall–Kier alpha value is -3.89. The summed E-state index contributed by atoms with van der Waals surface area (Å²) in [4.78, 5) is 48.8. The summed E-state index contributed by atoms with van der Waals surface area (Å²) in [5.74, 6) is -0.529. The minimum Gasteiger partial charge on any atom is -0.457 e. The van der Waals surface area contributed by atoms with Gasteiger partial charge in [-0.05, 0) is 60.6 Å². The van der Waals surface area contributed by atoms with E-state index >= 15 is 0 Å². The molecule has 0 unspecified atom stereocenters. The monoisotopic (exact) mass is 497 g/mol. The highest BCUT2D eigenvalue weighted by Crippen LogP contribution is 2.34. The second kappa shape index (κ2) is 9.54. The van der Waals surface area contributed by atoms with Crippen LogP contribution >= 0.6 is 23.4 Å². The first-order valence-electron chi connectivity index (χ1n) is 9.87. The summed E-state index contributed by atoms with van der Waals surface area (Å²) in [5, 5.41) is 13.2. The smallest absolute Gasteiger partial charge is 0.294 e. The van der Waals surface area contributed by atoms with Crippen molar-refractivity contribution in [3.63, 3.8) is 0 Å². The highest BCUT2D eigenvalue weighted by atomic mass is 35.5. The molecule has 2 heterocycles. The SMILES string of the molecule is Cc1cccc(NC(=O)CN2C(=O)S/C(=C/c3ccc(-c4ccc(Cl)c([N+](=O)[O-])c4)o3)C2=O)c1. The van der Waals surface area contributed by atoms with Gasteiger partial charge in [0.1, 0.15) is 23.1 Å². The number of nitrogens with zero attached hydrogens (tertiary/aromatic N) is 2. The van der Waals surface area contributed by atoms with E-state index in [2.05, 4.69) is 5.32 Å². The predicted molar refractivity (Wildman–Crippen MR) is 128 cm³/mol. The summed E-state index contributed by atoms with van der Waals surface area (Å²) < 4.78 is 5.68. The molecule has 1 aliphatic heterocycles. The van der Waals surface area contributed by atoms with Crippen molar-refractivity contribution in [2.24, 2.45) is 0 Å². The molecular weight excluding hydrogens is 482 g/mol. The molecule has 0 spiro atoms. The molecule has 4 rings (SSSR count). The van der Waals surface area contributed by atoms with E-state index in [9.17, 15) is 24.5 Å². The Bertz CT molecular complexity index is 1370. The Balaban J connectivity index is 1.47. The Morgan fingerprint density at radius 2 is 2.00 bits per heavy atom. The fraction of sp³-hybridized carbons (Fsp3) is 0.0870. The maximum absolute atomic E-state index is 12.7. The van der Waals surface area contributed by atoms with Crippen LogP contribution in [0.4, 0.5) is 16.2 Å². The van der Waals surface area contributed by atoms with Gasteiger partial charge in [-0.15, -0.1) is 0 Å². The van der Waals surface area contributed by atoms with Crippen molar-refractivity contribution in [3.8, 4) is 11.3 Å². The Morgan fingerprint density at radius 3 is 2.74 bits per heavy atom. The number of halogens is 1. The third kappa shape index (κ3) is 5.03. The molecule has 0 atom stereocenters. The number of carbonyl (C=O) groups is 3. The molecule has 0 saturated carbocycles. The molecular formula is C23H16ClN3O6S. The van der Waals surface area contributed by atoms with Crippen LogP contribution in [0.5, 0.6) is 0 Å². The highest BCUT2D eigenvalue weighted by Gasteiger charge is 2.36. The molecule has 3 aromatic rings. The number of rotatable bonds is 6. The minimum absolute atomic E-state index is 0.000592. The van der Waals surface area contributed by atoms with Crippen LogP contribution in [0.1, 0.15) is 11.3 Å². The summed E-state index contributed by atoms with van der Waals surface area (Å²) in [6, 6.07) is 14.5. The van der Waals surface area contributed by atoms with E-state index in [1.54, 1.807) is 36.4 Å². The van der Waals surface area contributed by atoms with Crippen LogP contribution in [-0.2, 0) is 9.59 Å². The van der Waals surface area contributed by atoms with Crippen molar-refractivity contribution in [2.45, 2.75) is 6.92 Å². The van der Waals surface area contributed by atoms with Crippen LogP contribution in [0.2, 0.25) is 5.02 Å². The van der Waals surface area contributed by atoms with Gasteiger partial charge in [0.15, 0.2) is 0 Å². The van der Waals surface area contributed by atoms with Crippen molar-refractivity contribution in [3.05, 3.63) is 86.0 Å². The number of imide groups is 1. The van der Waals surface area contributed by atoms with E-state index in [0.717, 1.165) is 10.5 Å². The molecule has 3 amide bonds. The lowest BCUT2D eigenvalue weighted by molar-refractivity contribution is -0.384. The topological polar surface area (TPSA) is 123 Å². The van der Waals surface area contributed by atoms with Crippen molar-refractivity contribution >= 4 is 57.9 Å². The summed E-state index contributed by atoms with van der Waals surface area (Å²) in [6.07, 6.45) is 1.39. The summed E-state index contributed by atoms with van der Waals surface area (Å²) in [5.41, 5.74) is 1.69. The van der Waals surface area contributed by atoms with E-state index < -0.39 is 28.5 Å². The van der Waals surface area contributed by atoms with Crippen molar-refractivity contribution in [2.75, 3.05) is 11.9 Å². The van der Waals surface area contributed by atoms with E-state index in [1.165, 1.54) is 18.2 Å². The highest BCUT2D eigenvalue weighted by molar-refractivity contribution is 8.18. The van der Waals surface area contributed by atoms with Crippen molar-refractivity contribution in [1.29, 1.82) is 0 Å². The number of thioether (sulfide) groups is 1. The first-order valence-corrected chi connectivity index (χ1v) is 11.1. The predicted octanol–water partition coefficient (Wildman–Crippen LogP) is 5.49. The van der Waals surface area contributed by atoms with E-state index in [0.29, 0.717) is 28.8 Å². The molecule has 9 nitrogen and oxygen atoms in total. The summed E-state index contributed by atoms with van der Waals surface area (Å²) >= 11 is 6.53. The normalized spacial score (nSPS) is 14.6. The molecule has 1 saturated heterocycles. The quantitative estimate of drug-likeness (QED) is 0.271. The van der Waals surface area contributed by atoms with Gasteiger partial charge < -0.3 is 9.73 Å². The Kier molecular flexibility index (Phi) is 6.53. The molecule has 1 fully saturated rings. The van der Waals surface area contributed by atoms with E-state index in [-0.39, 0.29) is 21.4 Å². The van der Waals surface area contributed by atoms with Gasteiger partial charge in [0.25, 0.3) is 16.8 Å². The molecule has 1 aliphatic rings. The Labute approximate surface area is 202 Å². The van der Waals surface area contributed by atoms with Gasteiger partial charge in [0.2, 0.25) is 5.91 Å². The van der Waals surface area contributed by atoms with Crippen molar-refractivity contribution < 1.29 is 23.7 Å². The lowest BCUT2D eigenvalue weighted by Gasteiger charge is -2.12. The maximum atomic E-state index is 12.7. The first-order chi connectivity index (χ1) is 16.2. The van der Waals surface area contributed by atoms with Gasteiger partial charge in [-0.3, -0.25) is 29.4 Å². The zero-order valence-corrected chi connectivity index (χ0v) is 19.2. The zero-order chi connectivity index (χ0) is 24.4. The minimum atomic E-state index is -0.616. The number of hydrogen-bond acceptors (Lipinski definition) is 7. The molecule has 0 aliphatic carbocycles. The fourth-order valence-electron chi connectivity index (χ4n) is 3.22. The molecule has 0 radical (unpaired) electrons. The van der Waals surface area contributed by atoms with Crippen LogP contribution in [0.25, 0.3) is 17.4 Å². The maximum Gasteiger partial charge on any atom is 0.294 e.